The molecule has 0 fully saturated rings. The van der Waals surface area contributed by atoms with Crippen LogP contribution in [0.5, 0.6) is 0 Å². The molecular formula is C29H31N2O+. The lowest BCUT2D eigenvalue weighted by Crippen LogP contribution is -2.39. The number of aromatic nitrogens is 2. The van der Waals surface area contributed by atoms with Gasteiger partial charge in [0.15, 0.2) is 0 Å². The fraction of sp³-hybridized carbons (Fsp3) is 0.345. The molecule has 2 aromatic carbocycles. The summed E-state index contributed by atoms with van der Waals surface area (Å²) in [5.41, 5.74) is 6.37. The molecular weight excluding hydrogens is 392 g/mol. The van der Waals surface area contributed by atoms with Crippen LogP contribution in [-0.4, -0.2) is 4.57 Å². The molecule has 0 atom stereocenters. The van der Waals surface area contributed by atoms with Crippen molar-refractivity contribution in [3.05, 3.63) is 71.7 Å². The zero-order valence-corrected chi connectivity index (χ0v) is 19.9. The first-order valence-electron chi connectivity index (χ1n) is 11.6. The number of aryl methyl sites for hydroxylation is 2. The summed E-state index contributed by atoms with van der Waals surface area (Å²) >= 11 is 0. The van der Waals surface area contributed by atoms with Gasteiger partial charge in [-0.2, -0.15) is 4.57 Å². The molecule has 3 heteroatoms. The van der Waals surface area contributed by atoms with Gasteiger partial charge in [-0.05, 0) is 60.2 Å². The number of nitrogens with zero attached hydrogens (tertiary/aromatic N) is 2. The van der Waals surface area contributed by atoms with Crippen LogP contribution in [0.4, 0.5) is 0 Å². The highest BCUT2D eigenvalue weighted by Gasteiger charge is 2.44. The zero-order chi connectivity index (χ0) is 22.4. The van der Waals surface area contributed by atoms with Gasteiger partial charge in [-0.15, -0.1) is 0 Å². The monoisotopic (exact) mass is 423 g/mol. The smallest absolute Gasteiger partial charge is 0.330 e. The minimum atomic E-state index is 0.106. The van der Waals surface area contributed by atoms with Crippen molar-refractivity contribution >= 4 is 32.7 Å². The largest absolute Gasteiger partial charge is 0.447 e. The quantitative estimate of drug-likeness (QED) is 0.266. The molecule has 0 saturated heterocycles. The maximum absolute atomic E-state index is 6.62. The Morgan fingerprint density at radius 2 is 1.56 bits per heavy atom. The van der Waals surface area contributed by atoms with Gasteiger partial charge in [0.25, 0.3) is 0 Å². The van der Waals surface area contributed by atoms with Gasteiger partial charge in [-0.3, -0.25) is 0 Å². The number of hydrogen-bond donors (Lipinski definition) is 0. The van der Waals surface area contributed by atoms with Gasteiger partial charge >= 0.3 is 5.82 Å². The van der Waals surface area contributed by atoms with E-state index in [2.05, 4.69) is 106 Å². The molecule has 0 bridgehead atoms. The second-order valence-electron chi connectivity index (χ2n) is 10.9. The molecule has 0 unspecified atom stereocenters. The van der Waals surface area contributed by atoms with Crippen molar-refractivity contribution < 1.29 is 8.98 Å². The first-order valence-corrected chi connectivity index (χ1v) is 11.6. The van der Waals surface area contributed by atoms with Crippen LogP contribution >= 0.6 is 0 Å². The van der Waals surface area contributed by atoms with Crippen molar-refractivity contribution in [2.75, 3.05) is 0 Å². The molecule has 1 aliphatic carbocycles. The van der Waals surface area contributed by atoms with Crippen LogP contribution in [0.15, 0.2) is 59.1 Å². The standard InChI is InChI=1S/C29H31N2O/c1-18-15-23-26(29(4,5)13-12-28(23,2)3)31(18)27-25-21(11-14-30(27)6)22-16-19-9-7-8-10-20(19)17-24(22)32-25/h7-11,14-17H,12-13H2,1-6H3/q+1. The fourth-order valence-corrected chi connectivity index (χ4v) is 5.78. The molecule has 0 radical (unpaired) electrons. The Balaban J connectivity index is 1.74. The predicted molar refractivity (Wildman–Crippen MR) is 132 cm³/mol. The summed E-state index contributed by atoms with van der Waals surface area (Å²) < 4.78 is 11.3. The van der Waals surface area contributed by atoms with Gasteiger partial charge < -0.3 is 4.42 Å². The van der Waals surface area contributed by atoms with E-state index in [0.717, 1.165) is 17.0 Å². The summed E-state index contributed by atoms with van der Waals surface area (Å²) in [5, 5.41) is 4.81. The fourth-order valence-electron chi connectivity index (χ4n) is 5.78. The van der Waals surface area contributed by atoms with E-state index < -0.39 is 0 Å². The van der Waals surface area contributed by atoms with E-state index in [9.17, 15) is 0 Å². The lowest BCUT2D eigenvalue weighted by Gasteiger charge is -2.38. The van der Waals surface area contributed by atoms with Crippen molar-refractivity contribution in [3.63, 3.8) is 0 Å². The summed E-state index contributed by atoms with van der Waals surface area (Å²) in [6, 6.07) is 17.6. The van der Waals surface area contributed by atoms with E-state index in [1.54, 1.807) is 0 Å². The van der Waals surface area contributed by atoms with Gasteiger partial charge in [0.2, 0.25) is 5.58 Å². The highest BCUT2D eigenvalue weighted by molar-refractivity contribution is 6.11. The van der Waals surface area contributed by atoms with E-state index in [-0.39, 0.29) is 10.8 Å². The third-order valence-electron chi connectivity index (χ3n) is 7.74. The number of pyridine rings is 1. The predicted octanol–water partition coefficient (Wildman–Crippen LogP) is 7.01. The first kappa shape index (κ1) is 19.6. The van der Waals surface area contributed by atoms with Crippen molar-refractivity contribution in [1.82, 2.24) is 4.57 Å². The summed E-state index contributed by atoms with van der Waals surface area (Å²) in [5.74, 6) is 1.12. The number of furan rings is 1. The topological polar surface area (TPSA) is 21.9 Å². The number of benzene rings is 2. The van der Waals surface area contributed by atoms with Crippen molar-refractivity contribution in [2.45, 2.75) is 58.3 Å². The Kier molecular flexibility index (Phi) is 3.83. The number of fused-ring (bicyclic) bond motifs is 5. The average molecular weight is 424 g/mol. The Morgan fingerprint density at radius 1 is 0.875 bits per heavy atom. The molecule has 5 aromatic rings. The van der Waals surface area contributed by atoms with Gasteiger partial charge in [0, 0.05) is 21.8 Å². The van der Waals surface area contributed by atoms with Crippen LogP contribution in [0, 0.1) is 6.92 Å². The van der Waals surface area contributed by atoms with Crippen LogP contribution < -0.4 is 4.57 Å². The van der Waals surface area contributed by atoms with Crippen LogP contribution in [0.2, 0.25) is 0 Å². The molecule has 3 heterocycles. The SMILES string of the molecule is Cc1cc2c(n1-c1c3oc4cc5ccccc5cc4c3cc[n+]1C)C(C)(C)CCC2(C)C. The number of rotatable bonds is 1. The Morgan fingerprint density at radius 3 is 2.31 bits per heavy atom. The molecule has 32 heavy (non-hydrogen) atoms. The van der Waals surface area contributed by atoms with E-state index in [1.165, 1.54) is 51.3 Å². The van der Waals surface area contributed by atoms with Gasteiger partial charge in [-0.25, -0.2) is 4.57 Å². The zero-order valence-electron chi connectivity index (χ0n) is 19.9. The summed E-state index contributed by atoms with van der Waals surface area (Å²) in [4.78, 5) is 0. The molecule has 3 nitrogen and oxygen atoms in total. The Bertz CT molecular complexity index is 1540. The third kappa shape index (κ3) is 2.57. The minimum absolute atomic E-state index is 0.106. The highest BCUT2D eigenvalue weighted by Crippen LogP contribution is 2.48. The van der Waals surface area contributed by atoms with Gasteiger partial charge in [-0.1, -0.05) is 52.0 Å². The van der Waals surface area contributed by atoms with Crippen molar-refractivity contribution in [1.29, 1.82) is 0 Å². The van der Waals surface area contributed by atoms with Crippen molar-refractivity contribution in [3.8, 4) is 5.82 Å². The second kappa shape index (κ2) is 6.25. The molecule has 3 aromatic heterocycles. The average Bonchev–Trinajstić information content (AvgIpc) is 3.28. The maximum atomic E-state index is 6.62. The molecule has 0 amide bonds. The van der Waals surface area contributed by atoms with E-state index >= 15 is 0 Å². The lowest BCUT2D eigenvalue weighted by molar-refractivity contribution is -0.664. The lowest BCUT2D eigenvalue weighted by atomic mass is 9.66. The summed E-state index contributed by atoms with van der Waals surface area (Å²) in [7, 11) is 2.13. The van der Waals surface area contributed by atoms with Crippen LogP contribution in [0.1, 0.15) is 57.5 Å². The normalized spacial score (nSPS) is 17.3. The third-order valence-corrected chi connectivity index (χ3v) is 7.74. The van der Waals surface area contributed by atoms with Gasteiger partial charge in [0.05, 0.1) is 13.2 Å². The van der Waals surface area contributed by atoms with Crippen LogP contribution in [0.25, 0.3) is 38.5 Å². The Hall–Kier alpha value is -3.07. The number of hydrogen-bond acceptors (Lipinski definition) is 1. The summed E-state index contributed by atoms with van der Waals surface area (Å²) in [6.07, 6.45) is 4.57. The second-order valence-corrected chi connectivity index (χ2v) is 10.9. The van der Waals surface area contributed by atoms with Crippen molar-refractivity contribution in [2.24, 2.45) is 7.05 Å². The molecule has 0 aliphatic heterocycles. The molecule has 0 saturated carbocycles. The summed E-state index contributed by atoms with van der Waals surface area (Å²) in [6.45, 7) is 11.8. The van der Waals surface area contributed by atoms with E-state index in [1.807, 2.05) is 0 Å². The van der Waals surface area contributed by atoms with Gasteiger partial charge in [0.1, 0.15) is 17.0 Å². The Labute approximate surface area is 189 Å². The highest BCUT2D eigenvalue weighted by atomic mass is 16.3. The minimum Gasteiger partial charge on any atom is -0.447 e. The van der Waals surface area contributed by atoms with Crippen LogP contribution in [-0.2, 0) is 17.9 Å². The molecule has 6 rings (SSSR count). The first-order chi connectivity index (χ1) is 15.2. The molecule has 0 spiro atoms. The molecule has 0 N–H and O–H groups in total. The van der Waals surface area contributed by atoms with E-state index in [4.69, 9.17) is 4.42 Å². The molecule has 1 aliphatic rings. The van der Waals surface area contributed by atoms with Crippen LogP contribution in [0.3, 0.4) is 0 Å². The van der Waals surface area contributed by atoms with E-state index in [0.29, 0.717) is 0 Å². The maximum Gasteiger partial charge on any atom is 0.330 e. The molecule has 162 valence electrons.